The molecule has 1 atom stereocenters. The fourth-order valence-corrected chi connectivity index (χ4v) is 2.88. The summed E-state index contributed by atoms with van der Waals surface area (Å²) in [6.07, 6.45) is 2.32. The normalized spacial score (nSPS) is 17.4. The Bertz CT molecular complexity index is 543. The van der Waals surface area contributed by atoms with E-state index in [2.05, 4.69) is 19.0 Å². The first-order valence-electron chi connectivity index (χ1n) is 7.73. The van der Waals surface area contributed by atoms with Crippen LogP contribution < -0.4 is 14.4 Å². The second-order valence-electron chi connectivity index (χ2n) is 5.91. The van der Waals surface area contributed by atoms with Crippen molar-refractivity contribution in [1.29, 1.82) is 0 Å². The van der Waals surface area contributed by atoms with Crippen LogP contribution in [0.5, 0.6) is 11.5 Å². The average molecular weight is 306 g/mol. The molecule has 5 nitrogen and oxygen atoms in total. The van der Waals surface area contributed by atoms with Crippen LogP contribution in [-0.2, 0) is 11.2 Å². The van der Waals surface area contributed by atoms with Gasteiger partial charge >= 0.3 is 0 Å². The summed E-state index contributed by atoms with van der Waals surface area (Å²) in [5.41, 5.74) is 2.08. The first-order valence-corrected chi connectivity index (χ1v) is 7.73. The van der Waals surface area contributed by atoms with Gasteiger partial charge in [0.25, 0.3) is 0 Å². The molecular formula is C17H26N2O3. The molecule has 0 bridgehead atoms. The fourth-order valence-electron chi connectivity index (χ4n) is 2.88. The summed E-state index contributed by atoms with van der Waals surface area (Å²) in [6.45, 7) is 2.75. The summed E-state index contributed by atoms with van der Waals surface area (Å²) in [5.74, 6) is 1.55. The van der Waals surface area contributed by atoms with E-state index in [0.29, 0.717) is 30.5 Å². The number of amides is 1. The molecule has 0 aliphatic carbocycles. The van der Waals surface area contributed by atoms with Crippen LogP contribution in [0.2, 0.25) is 0 Å². The number of likely N-dealkylation sites (N-methyl/N-ethyl adjacent to an activating group) is 1. The minimum Gasteiger partial charge on any atom is -0.493 e. The number of hydrogen-bond acceptors (Lipinski definition) is 4. The van der Waals surface area contributed by atoms with Crippen LogP contribution in [-0.4, -0.2) is 51.7 Å². The SMILES string of the molecule is CCCC(=O)N1CC(N(C)C)Cc2cc(OC)c(OC)cc21. The van der Waals surface area contributed by atoms with Crippen molar-refractivity contribution in [3.63, 3.8) is 0 Å². The van der Waals surface area contributed by atoms with Gasteiger partial charge in [-0.05, 0) is 38.6 Å². The molecule has 0 spiro atoms. The highest BCUT2D eigenvalue weighted by atomic mass is 16.5. The molecule has 1 unspecified atom stereocenters. The Morgan fingerprint density at radius 2 is 1.91 bits per heavy atom. The standard InChI is InChI=1S/C17H26N2O3/c1-6-7-17(20)19-11-13(18(2)3)8-12-9-15(21-4)16(22-5)10-14(12)19/h9-10,13H,6-8,11H2,1-5H3. The number of fused-ring (bicyclic) bond motifs is 1. The molecule has 0 N–H and O–H groups in total. The van der Waals surface area contributed by atoms with E-state index in [-0.39, 0.29) is 5.91 Å². The number of anilines is 1. The third-order valence-electron chi connectivity index (χ3n) is 4.22. The third kappa shape index (κ3) is 3.19. The second kappa shape index (κ2) is 7.01. The maximum atomic E-state index is 12.5. The van der Waals surface area contributed by atoms with Gasteiger partial charge < -0.3 is 19.3 Å². The highest BCUT2D eigenvalue weighted by Crippen LogP contribution is 2.38. The van der Waals surface area contributed by atoms with Gasteiger partial charge in [0.05, 0.1) is 19.9 Å². The predicted octanol–water partition coefficient (Wildman–Crippen LogP) is 2.32. The number of methoxy groups -OCH3 is 2. The molecule has 5 heteroatoms. The van der Waals surface area contributed by atoms with Crippen LogP contribution in [0, 0.1) is 0 Å². The van der Waals surface area contributed by atoms with Gasteiger partial charge in [-0.15, -0.1) is 0 Å². The van der Waals surface area contributed by atoms with Gasteiger partial charge in [-0.25, -0.2) is 0 Å². The summed E-state index contributed by atoms with van der Waals surface area (Å²) in [5, 5.41) is 0. The second-order valence-corrected chi connectivity index (χ2v) is 5.91. The Labute approximate surface area is 132 Å². The van der Waals surface area contributed by atoms with E-state index in [1.165, 1.54) is 0 Å². The Morgan fingerprint density at radius 3 is 2.45 bits per heavy atom. The topological polar surface area (TPSA) is 42.0 Å². The number of nitrogens with zero attached hydrogens (tertiary/aromatic N) is 2. The van der Waals surface area contributed by atoms with Gasteiger partial charge in [0, 0.05) is 25.1 Å². The molecule has 22 heavy (non-hydrogen) atoms. The lowest BCUT2D eigenvalue weighted by atomic mass is 9.96. The largest absolute Gasteiger partial charge is 0.493 e. The van der Waals surface area contributed by atoms with Gasteiger partial charge in [0.2, 0.25) is 5.91 Å². The van der Waals surface area contributed by atoms with Crippen molar-refractivity contribution < 1.29 is 14.3 Å². The average Bonchev–Trinajstić information content (AvgIpc) is 2.52. The molecule has 1 aliphatic heterocycles. The Morgan fingerprint density at radius 1 is 1.27 bits per heavy atom. The van der Waals surface area contributed by atoms with Crippen LogP contribution in [0.15, 0.2) is 12.1 Å². The Hall–Kier alpha value is -1.75. The summed E-state index contributed by atoms with van der Waals surface area (Å²) in [7, 11) is 7.36. The van der Waals surface area contributed by atoms with Crippen LogP contribution in [0.4, 0.5) is 5.69 Å². The lowest BCUT2D eigenvalue weighted by Gasteiger charge is -2.38. The summed E-state index contributed by atoms with van der Waals surface area (Å²) < 4.78 is 10.8. The molecule has 1 aliphatic rings. The van der Waals surface area contributed by atoms with Gasteiger partial charge in [-0.1, -0.05) is 6.92 Å². The zero-order valence-electron chi connectivity index (χ0n) is 14.2. The minimum atomic E-state index is 0.169. The van der Waals surface area contributed by atoms with Crippen molar-refractivity contribution in [2.24, 2.45) is 0 Å². The van der Waals surface area contributed by atoms with Gasteiger partial charge in [-0.2, -0.15) is 0 Å². The van der Waals surface area contributed by atoms with Crippen molar-refractivity contribution in [2.45, 2.75) is 32.2 Å². The quantitative estimate of drug-likeness (QED) is 0.837. The van der Waals surface area contributed by atoms with Crippen LogP contribution >= 0.6 is 0 Å². The first-order chi connectivity index (χ1) is 10.5. The number of hydrogen-bond donors (Lipinski definition) is 0. The molecule has 0 saturated heterocycles. The first kappa shape index (κ1) is 16.6. The molecule has 2 rings (SSSR count). The zero-order valence-corrected chi connectivity index (χ0v) is 14.2. The molecule has 0 radical (unpaired) electrons. The summed E-state index contributed by atoms with van der Waals surface area (Å²) >= 11 is 0. The van der Waals surface area contributed by atoms with E-state index < -0.39 is 0 Å². The summed E-state index contributed by atoms with van der Waals surface area (Å²) in [4.78, 5) is 16.6. The Kier molecular flexibility index (Phi) is 5.29. The lowest BCUT2D eigenvalue weighted by Crippen LogP contribution is -2.48. The molecule has 1 amide bonds. The molecule has 0 fully saturated rings. The van der Waals surface area contributed by atoms with Gasteiger partial charge in [0.15, 0.2) is 11.5 Å². The highest BCUT2D eigenvalue weighted by molar-refractivity contribution is 5.95. The smallest absolute Gasteiger partial charge is 0.227 e. The molecule has 0 saturated carbocycles. The monoisotopic (exact) mass is 306 g/mol. The minimum absolute atomic E-state index is 0.169. The molecule has 122 valence electrons. The van der Waals surface area contributed by atoms with E-state index in [9.17, 15) is 4.79 Å². The van der Waals surface area contributed by atoms with E-state index >= 15 is 0 Å². The van der Waals surface area contributed by atoms with Crippen molar-refractivity contribution in [3.05, 3.63) is 17.7 Å². The predicted molar refractivity (Wildman–Crippen MR) is 88.0 cm³/mol. The number of carbonyl (C=O) groups is 1. The Balaban J connectivity index is 2.47. The third-order valence-corrected chi connectivity index (χ3v) is 4.22. The maximum Gasteiger partial charge on any atom is 0.227 e. The molecular weight excluding hydrogens is 280 g/mol. The molecule has 1 heterocycles. The fraction of sp³-hybridized carbons (Fsp3) is 0.588. The van der Waals surface area contributed by atoms with Crippen molar-refractivity contribution in [2.75, 3.05) is 39.8 Å². The molecule has 1 aromatic carbocycles. The van der Waals surface area contributed by atoms with E-state index in [1.807, 2.05) is 24.0 Å². The highest BCUT2D eigenvalue weighted by Gasteiger charge is 2.30. The van der Waals surface area contributed by atoms with Gasteiger partial charge in [0.1, 0.15) is 0 Å². The van der Waals surface area contributed by atoms with Gasteiger partial charge in [-0.3, -0.25) is 4.79 Å². The lowest BCUT2D eigenvalue weighted by molar-refractivity contribution is -0.118. The number of benzene rings is 1. The molecule has 1 aromatic rings. The van der Waals surface area contributed by atoms with E-state index in [1.54, 1.807) is 14.2 Å². The number of ether oxygens (including phenoxy) is 2. The van der Waals surface area contributed by atoms with Crippen molar-refractivity contribution in [1.82, 2.24) is 4.90 Å². The zero-order chi connectivity index (χ0) is 16.3. The van der Waals surface area contributed by atoms with Crippen LogP contribution in [0.1, 0.15) is 25.3 Å². The van der Waals surface area contributed by atoms with Crippen molar-refractivity contribution >= 4 is 11.6 Å². The maximum absolute atomic E-state index is 12.5. The number of rotatable bonds is 5. The number of carbonyl (C=O) groups excluding carboxylic acids is 1. The van der Waals surface area contributed by atoms with E-state index in [4.69, 9.17) is 9.47 Å². The molecule has 0 aromatic heterocycles. The van der Waals surface area contributed by atoms with Crippen LogP contribution in [0.3, 0.4) is 0 Å². The summed E-state index contributed by atoms with van der Waals surface area (Å²) in [6, 6.07) is 4.23. The van der Waals surface area contributed by atoms with Crippen LogP contribution in [0.25, 0.3) is 0 Å². The van der Waals surface area contributed by atoms with Crippen molar-refractivity contribution in [3.8, 4) is 11.5 Å². The van der Waals surface area contributed by atoms with E-state index in [0.717, 1.165) is 24.1 Å².